The van der Waals surface area contributed by atoms with Crippen LogP contribution >= 0.6 is 0 Å². The van der Waals surface area contributed by atoms with Gasteiger partial charge in [0.1, 0.15) is 0 Å². The monoisotopic (exact) mass is 332 g/mol. The molecule has 0 aromatic carbocycles. The van der Waals surface area contributed by atoms with Crippen LogP contribution in [0, 0.1) is 11.8 Å². The molecule has 0 aliphatic carbocycles. The Hall–Kier alpha value is -1.04. The second-order valence-electron chi connectivity index (χ2n) is 6.92. The fourth-order valence-electron chi connectivity index (χ4n) is 2.45. The van der Waals surface area contributed by atoms with Gasteiger partial charge in [0.05, 0.1) is 0 Å². The Bertz CT molecular complexity index is 360. The molecule has 0 aliphatic rings. The standard InChI is InChI=1S/C22H40N2/c1-5-6-7-8-9-10-11-12-13-14-15-16-17-18-19-20-24(4)22-21-23(2)3/h5,8-9H,1,6-7,12-22H2,2-4H3/b9-8-. The summed E-state index contributed by atoms with van der Waals surface area (Å²) in [7, 11) is 6.51. The molecule has 0 aromatic heterocycles. The van der Waals surface area contributed by atoms with Gasteiger partial charge >= 0.3 is 0 Å². The van der Waals surface area contributed by atoms with Crippen LogP contribution in [-0.2, 0) is 0 Å². The average molecular weight is 333 g/mol. The highest BCUT2D eigenvalue weighted by Crippen LogP contribution is 2.08. The molecule has 0 atom stereocenters. The molecule has 0 heterocycles. The second kappa shape index (κ2) is 18.3. The van der Waals surface area contributed by atoms with E-state index in [-0.39, 0.29) is 0 Å². The Morgan fingerprint density at radius 3 is 2.12 bits per heavy atom. The first-order valence-corrected chi connectivity index (χ1v) is 9.74. The predicted molar refractivity (Wildman–Crippen MR) is 109 cm³/mol. The van der Waals surface area contributed by atoms with Gasteiger partial charge in [-0.2, -0.15) is 0 Å². The van der Waals surface area contributed by atoms with E-state index in [1.54, 1.807) is 0 Å². The molecular formula is C22H40N2. The lowest BCUT2D eigenvalue weighted by molar-refractivity contribution is 0.277. The molecule has 0 bridgehead atoms. The summed E-state index contributed by atoms with van der Waals surface area (Å²) < 4.78 is 0. The highest BCUT2D eigenvalue weighted by atomic mass is 15.1. The number of nitrogens with zero attached hydrogens (tertiary/aromatic N) is 2. The van der Waals surface area contributed by atoms with E-state index in [1.165, 1.54) is 58.0 Å². The molecule has 0 aliphatic heterocycles. The molecule has 0 rings (SSSR count). The molecule has 0 aromatic rings. The summed E-state index contributed by atoms with van der Waals surface area (Å²) in [6, 6.07) is 0. The molecule has 0 saturated carbocycles. The fraction of sp³-hybridized carbons (Fsp3) is 0.727. The molecule has 0 spiro atoms. The molecular weight excluding hydrogens is 292 g/mol. The number of hydrogen-bond donors (Lipinski definition) is 0. The van der Waals surface area contributed by atoms with Gasteiger partial charge in [0.15, 0.2) is 0 Å². The van der Waals surface area contributed by atoms with Gasteiger partial charge in [-0.05, 0) is 59.4 Å². The minimum absolute atomic E-state index is 1.04. The summed E-state index contributed by atoms with van der Waals surface area (Å²) in [4.78, 5) is 4.70. The molecule has 0 unspecified atom stereocenters. The van der Waals surface area contributed by atoms with Crippen molar-refractivity contribution in [1.29, 1.82) is 0 Å². The molecule has 0 radical (unpaired) electrons. The smallest absolute Gasteiger partial charge is 0.0106 e. The summed E-state index contributed by atoms with van der Waals surface area (Å²) in [5, 5.41) is 0. The quantitative estimate of drug-likeness (QED) is 0.233. The van der Waals surface area contributed by atoms with Gasteiger partial charge in [0.25, 0.3) is 0 Å². The molecule has 0 fully saturated rings. The lowest BCUT2D eigenvalue weighted by atomic mass is 10.1. The van der Waals surface area contributed by atoms with Crippen molar-refractivity contribution in [2.24, 2.45) is 0 Å². The SMILES string of the molecule is C=CCC/C=C\C#CCCCCCCCCCN(C)CCN(C)C. The van der Waals surface area contributed by atoms with Gasteiger partial charge in [-0.1, -0.05) is 56.1 Å². The lowest BCUT2D eigenvalue weighted by Crippen LogP contribution is -2.29. The molecule has 2 nitrogen and oxygen atoms in total. The van der Waals surface area contributed by atoms with Crippen molar-refractivity contribution in [2.45, 2.75) is 64.2 Å². The fourth-order valence-corrected chi connectivity index (χ4v) is 2.45. The van der Waals surface area contributed by atoms with Crippen LogP contribution in [0.2, 0.25) is 0 Å². The number of unbranched alkanes of at least 4 members (excludes halogenated alkanes) is 8. The molecule has 24 heavy (non-hydrogen) atoms. The Labute approximate surface area is 152 Å². The van der Waals surface area contributed by atoms with Crippen LogP contribution in [0.3, 0.4) is 0 Å². The highest BCUT2D eigenvalue weighted by Gasteiger charge is 1.99. The highest BCUT2D eigenvalue weighted by molar-refractivity contribution is 5.15. The maximum Gasteiger partial charge on any atom is 0.0106 e. The zero-order chi connectivity index (χ0) is 17.9. The van der Waals surface area contributed by atoms with Crippen molar-refractivity contribution >= 4 is 0 Å². The molecule has 0 amide bonds. The summed E-state index contributed by atoms with van der Waals surface area (Å²) in [5.41, 5.74) is 0. The van der Waals surface area contributed by atoms with Crippen molar-refractivity contribution in [2.75, 3.05) is 40.8 Å². The van der Waals surface area contributed by atoms with E-state index >= 15 is 0 Å². The number of likely N-dealkylation sites (N-methyl/N-ethyl adjacent to an activating group) is 2. The van der Waals surface area contributed by atoms with Crippen LogP contribution in [0.1, 0.15) is 64.2 Å². The van der Waals surface area contributed by atoms with Crippen molar-refractivity contribution in [3.63, 3.8) is 0 Å². The van der Waals surface area contributed by atoms with E-state index in [9.17, 15) is 0 Å². The third kappa shape index (κ3) is 19.0. The Kier molecular flexibility index (Phi) is 17.5. The number of hydrogen-bond acceptors (Lipinski definition) is 2. The van der Waals surface area contributed by atoms with Gasteiger partial charge in [0.2, 0.25) is 0 Å². The Balaban J connectivity index is 3.27. The Morgan fingerprint density at radius 2 is 1.46 bits per heavy atom. The number of rotatable bonds is 15. The van der Waals surface area contributed by atoms with Crippen LogP contribution < -0.4 is 0 Å². The van der Waals surface area contributed by atoms with Gasteiger partial charge in [-0.15, -0.1) is 6.58 Å². The third-order valence-corrected chi connectivity index (χ3v) is 4.11. The topological polar surface area (TPSA) is 6.48 Å². The minimum atomic E-state index is 1.04. The molecule has 0 saturated heterocycles. The first-order chi connectivity index (χ1) is 11.7. The van der Waals surface area contributed by atoms with Crippen LogP contribution in [0.15, 0.2) is 24.8 Å². The van der Waals surface area contributed by atoms with Crippen LogP contribution in [0.25, 0.3) is 0 Å². The zero-order valence-electron chi connectivity index (χ0n) is 16.5. The summed E-state index contributed by atoms with van der Waals surface area (Å²) in [5.74, 6) is 6.35. The van der Waals surface area contributed by atoms with Crippen LogP contribution in [0.5, 0.6) is 0 Å². The van der Waals surface area contributed by atoms with Crippen molar-refractivity contribution in [1.82, 2.24) is 9.80 Å². The van der Waals surface area contributed by atoms with Gasteiger partial charge in [0, 0.05) is 19.5 Å². The predicted octanol–water partition coefficient (Wildman–Crippen LogP) is 5.13. The minimum Gasteiger partial charge on any atom is -0.308 e. The van der Waals surface area contributed by atoms with Gasteiger partial charge < -0.3 is 9.80 Å². The first-order valence-electron chi connectivity index (χ1n) is 9.74. The van der Waals surface area contributed by atoms with E-state index in [4.69, 9.17) is 0 Å². The first kappa shape index (κ1) is 23.0. The second-order valence-corrected chi connectivity index (χ2v) is 6.92. The molecule has 138 valence electrons. The normalized spacial score (nSPS) is 11.2. The zero-order valence-corrected chi connectivity index (χ0v) is 16.5. The molecule has 0 N–H and O–H groups in total. The summed E-state index contributed by atoms with van der Waals surface area (Å²) >= 11 is 0. The number of allylic oxidation sites excluding steroid dienone is 3. The van der Waals surface area contributed by atoms with Crippen LogP contribution in [0.4, 0.5) is 0 Å². The van der Waals surface area contributed by atoms with E-state index in [2.05, 4.69) is 55.4 Å². The van der Waals surface area contributed by atoms with E-state index < -0.39 is 0 Å². The van der Waals surface area contributed by atoms with Crippen molar-refractivity contribution in [3.8, 4) is 11.8 Å². The van der Waals surface area contributed by atoms with Crippen molar-refractivity contribution < 1.29 is 0 Å². The largest absolute Gasteiger partial charge is 0.308 e. The average Bonchev–Trinajstić information content (AvgIpc) is 2.56. The maximum absolute atomic E-state index is 3.71. The summed E-state index contributed by atoms with van der Waals surface area (Å²) in [6.07, 6.45) is 18.7. The van der Waals surface area contributed by atoms with E-state index in [0.717, 1.165) is 25.8 Å². The lowest BCUT2D eigenvalue weighted by Gasteiger charge is -2.19. The van der Waals surface area contributed by atoms with Gasteiger partial charge in [-0.25, -0.2) is 0 Å². The maximum atomic E-state index is 3.71. The van der Waals surface area contributed by atoms with E-state index in [1.807, 2.05) is 12.2 Å². The molecule has 2 heteroatoms. The van der Waals surface area contributed by atoms with Gasteiger partial charge in [-0.3, -0.25) is 0 Å². The van der Waals surface area contributed by atoms with E-state index in [0.29, 0.717) is 0 Å². The third-order valence-electron chi connectivity index (χ3n) is 4.11. The Morgan fingerprint density at radius 1 is 0.792 bits per heavy atom. The van der Waals surface area contributed by atoms with Crippen LogP contribution in [-0.4, -0.2) is 50.6 Å². The van der Waals surface area contributed by atoms with Crippen molar-refractivity contribution in [3.05, 3.63) is 24.8 Å². The summed E-state index contributed by atoms with van der Waals surface area (Å²) in [6.45, 7) is 7.28.